The average molecular weight is 685 g/mol. The van der Waals surface area contributed by atoms with E-state index in [1.807, 2.05) is 13.8 Å². The molecule has 17 nitrogen and oxygen atoms in total. The Morgan fingerprint density at radius 3 is 2.32 bits per heavy atom. The number of rotatable bonds is 4. The second-order valence-electron chi connectivity index (χ2n) is 10.7. The van der Waals surface area contributed by atoms with Gasteiger partial charge in [-0.05, 0) is 25.7 Å². The van der Waals surface area contributed by atoms with Gasteiger partial charge in [0.25, 0.3) is 0 Å². The van der Waals surface area contributed by atoms with Crippen LogP contribution in [-0.4, -0.2) is 87.6 Å². The molecule has 0 saturated carbocycles. The number of hydrogen-bond acceptors (Lipinski definition) is 16. The molecular weight excluding hydrogens is 654 g/mol. The number of nitrogens with one attached hydrogen (secondary N) is 1. The first-order valence-corrected chi connectivity index (χ1v) is 18.7. The number of nitrogens with zero attached hydrogens (tertiary/aromatic N) is 8. The number of ether oxygens (including phenoxy) is 2. The maximum Gasteiger partial charge on any atom is 0.324 e. The number of anilines is 2. The van der Waals surface area contributed by atoms with Crippen LogP contribution in [0.3, 0.4) is 0 Å². The Morgan fingerprint density at radius 2 is 1.59 bits per heavy atom. The van der Waals surface area contributed by atoms with E-state index in [1.165, 1.54) is 12.7 Å². The van der Waals surface area contributed by atoms with Crippen molar-refractivity contribution in [2.75, 3.05) is 24.3 Å². The summed E-state index contributed by atoms with van der Waals surface area (Å²) >= 11 is 10.00. The Labute approximate surface area is 262 Å². The second kappa shape index (κ2) is 12.2. The van der Waals surface area contributed by atoms with Gasteiger partial charge in [-0.1, -0.05) is 12.2 Å². The maximum absolute atomic E-state index is 11.1. The molecule has 3 aliphatic rings. The molecule has 7 rings (SSSR count). The standard InChI is InChI=1S/C23H30N10O7P2S2/c1-11(2)31-21-19-23(28-8-26-21)33(10-30-19)17-4-13-14(37-17)5-35-41(43)39-12-3-16(38-15(12)6-36-42(34,44)40-13)32-9-29-18-20(24)25-7-27-22(18)32/h7-17,43H,3-6H2,1-2H3,(H,34,44)(H2,24,25,27)(H,26,28,31)/t12-,13-,14+,15+,16+,17+,41?,42?/m0/s1. The fourth-order valence-electron chi connectivity index (χ4n) is 5.44. The molecule has 0 amide bonds. The molecule has 4 aromatic heterocycles. The first-order chi connectivity index (χ1) is 21.1. The van der Waals surface area contributed by atoms with Crippen molar-refractivity contribution in [3.63, 3.8) is 0 Å². The normalized spacial score (nSPS) is 33.2. The van der Waals surface area contributed by atoms with Gasteiger partial charge in [-0.15, -0.1) is 0 Å². The third kappa shape index (κ3) is 6.03. The highest BCUT2D eigenvalue weighted by Crippen LogP contribution is 2.53. The molecule has 4 aromatic rings. The molecule has 0 spiro atoms. The molecule has 3 saturated heterocycles. The monoisotopic (exact) mass is 684 g/mol. The Hall–Kier alpha value is -2.15. The zero-order valence-electron chi connectivity index (χ0n) is 23.5. The summed E-state index contributed by atoms with van der Waals surface area (Å²) in [7, 11) is -1.66. The van der Waals surface area contributed by atoms with Crippen molar-refractivity contribution in [1.82, 2.24) is 39.0 Å². The Bertz CT molecular complexity index is 1710. The Kier molecular flexibility index (Phi) is 8.47. The molecule has 0 aromatic carbocycles. The lowest BCUT2D eigenvalue weighted by molar-refractivity contribution is -0.0530. The summed E-state index contributed by atoms with van der Waals surface area (Å²) in [6.45, 7) is 0.263. The van der Waals surface area contributed by atoms with E-state index in [9.17, 15) is 4.89 Å². The third-order valence-electron chi connectivity index (χ3n) is 7.40. The number of nitrogens with two attached hydrogens (primary N) is 1. The number of fused-ring (bicyclic) bond motifs is 4. The van der Waals surface area contributed by atoms with Gasteiger partial charge in [0.2, 0.25) is 7.58 Å². The Morgan fingerprint density at radius 1 is 0.955 bits per heavy atom. The van der Waals surface area contributed by atoms with Crippen LogP contribution >= 0.6 is 26.5 Å². The molecule has 4 N–H and O–H groups in total. The quantitative estimate of drug-likeness (QED) is 0.180. The van der Waals surface area contributed by atoms with Crippen molar-refractivity contribution in [3.05, 3.63) is 25.3 Å². The lowest BCUT2D eigenvalue weighted by Crippen LogP contribution is -2.31. The highest BCUT2D eigenvalue weighted by molar-refractivity contribution is 8.41. The molecule has 3 fully saturated rings. The summed E-state index contributed by atoms with van der Waals surface area (Å²) < 4.78 is 40.2. The second-order valence-corrected chi connectivity index (χ2v) is 15.5. The van der Waals surface area contributed by atoms with E-state index in [-0.39, 0.29) is 25.1 Å². The molecule has 7 heterocycles. The van der Waals surface area contributed by atoms with Crippen LogP contribution in [0.1, 0.15) is 39.1 Å². The van der Waals surface area contributed by atoms with Crippen molar-refractivity contribution >= 4 is 72.3 Å². The van der Waals surface area contributed by atoms with Crippen LogP contribution in [0.4, 0.5) is 11.6 Å². The van der Waals surface area contributed by atoms with Gasteiger partial charge in [-0.2, -0.15) is 0 Å². The first-order valence-electron chi connectivity index (χ1n) is 13.8. The average Bonchev–Trinajstić information content (AvgIpc) is 3.75. The van der Waals surface area contributed by atoms with E-state index in [0.29, 0.717) is 41.0 Å². The largest absolute Gasteiger partial charge is 0.382 e. The Balaban J connectivity index is 1.09. The molecule has 236 valence electrons. The van der Waals surface area contributed by atoms with Crippen molar-refractivity contribution in [3.8, 4) is 0 Å². The van der Waals surface area contributed by atoms with E-state index >= 15 is 0 Å². The number of hydrogen-bond donors (Lipinski definition) is 4. The molecule has 0 radical (unpaired) electrons. The third-order valence-corrected chi connectivity index (χ3v) is 10.4. The summed E-state index contributed by atoms with van der Waals surface area (Å²) in [5.41, 5.74) is 8.13. The van der Waals surface area contributed by atoms with Crippen molar-refractivity contribution < 1.29 is 32.5 Å². The van der Waals surface area contributed by atoms with Crippen LogP contribution in [0.15, 0.2) is 25.3 Å². The lowest BCUT2D eigenvalue weighted by Gasteiger charge is -2.28. The summed E-state index contributed by atoms with van der Waals surface area (Å²) in [6.07, 6.45) is 3.34. The minimum absolute atomic E-state index is 0.0670. The number of nitrogen functional groups attached to an aromatic ring is 1. The summed E-state index contributed by atoms with van der Waals surface area (Å²) in [6, 6.07) is 0.158. The van der Waals surface area contributed by atoms with Crippen LogP contribution in [0.5, 0.6) is 0 Å². The maximum atomic E-state index is 11.1. The molecule has 2 unspecified atom stereocenters. The van der Waals surface area contributed by atoms with E-state index < -0.39 is 51.2 Å². The van der Waals surface area contributed by atoms with Gasteiger partial charge >= 0.3 is 6.72 Å². The van der Waals surface area contributed by atoms with Crippen LogP contribution < -0.4 is 11.1 Å². The molecule has 44 heavy (non-hydrogen) atoms. The highest BCUT2D eigenvalue weighted by Gasteiger charge is 2.45. The molecule has 0 bridgehead atoms. The van der Waals surface area contributed by atoms with Crippen LogP contribution in [-0.2, 0) is 39.4 Å². The smallest absolute Gasteiger partial charge is 0.324 e. The van der Waals surface area contributed by atoms with Gasteiger partial charge in [0, 0.05) is 18.9 Å². The number of imidazole rings is 2. The summed E-state index contributed by atoms with van der Waals surface area (Å²) in [5.74, 6) is 0.888. The van der Waals surface area contributed by atoms with Gasteiger partial charge < -0.3 is 43.5 Å². The van der Waals surface area contributed by atoms with Crippen LogP contribution in [0.25, 0.3) is 22.3 Å². The van der Waals surface area contributed by atoms with E-state index in [4.69, 9.17) is 45.1 Å². The topological polar surface area (TPSA) is 201 Å². The van der Waals surface area contributed by atoms with Crippen LogP contribution in [0.2, 0.25) is 0 Å². The molecular formula is C23H30N10O7P2S2. The fraction of sp³-hybridized carbons (Fsp3) is 0.565. The van der Waals surface area contributed by atoms with Crippen molar-refractivity contribution in [2.24, 2.45) is 0 Å². The minimum atomic E-state index is -3.74. The predicted octanol–water partition coefficient (Wildman–Crippen LogP) is 2.83. The van der Waals surface area contributed by atoms with Gasteiger partial charge in [-0.3, -0.25) is 9.13 Å². The molecule has 21 heteroatoms. The molecule has 0 aliphatic carbocycles. The first kappa shape index (κ1) is 30.5. The van der Waals surface area contributed by atoms with Gasteiger partial charge in [0.15, 0.2) is 28.4 Å². The minimum Gasteiger partial charge on any atom is -0.382 e. The molecule has 8 atom stereocenters. The zero-order valence-corrected chi connectivity index (χ0v) is 27.0. The summed E-state index contributed by atoms with van der Waals surface area (Å²) in [5, 5.41) is 3.28. The SMILES string of the molecule is CC(C)Nc1ncnc2c1ncn2[C@H]1C[C@@H]2OP(O)(=S)OC[C@H]3O[C@@H](n4cnc5c(N)ncnc54)C[C@@H]3OP(S)OC[C@H]2O1. The van der Waals surface area contributed by atoms with Gasteiger partial charge in [-0.25, -0.2) is 29.9 Å². The van der Waals surface area contributed by atoms with Crippen molar-refractivity contribution in [2.45, 2.75) is 69.6 Å². The van der Waals surface area contributed by atoms with Gasteiger partial charge in [0.05, 0.1) is 38.1 Å². The summed E-state index contributed by atoms with van der Waals surface area (Å²) in [4.78, 5) is 37.0. The van der Waals surface area contributed by atoms with Crippen molar-refractivity contribution in [1.29, 1.82) is 0 Å². The van der Waals surface area contributed by atoms with Gasteiger partial charge in [0.1, 0.15) is 42.8 Å². The lowest BCUT2D eigenvalue weighted by atomic mass is 10.2. The predicted molar refractivity (Wildman–Crippen MR) is 165 cm³/mol. The number of aromatic nitrogens is 8. The zero-order chi connectivity index (χ0) is 30.6. The number of thiol groups is 1. The van der Waals surface area contributed by atoms with E-state index in [0.717, 1.165) is 0 Å². The van der Waals surface area contributed by atoms with E-state index in [2.05, 4.69) is 47.5 Å². The molecule has 3 aliphatic heterocycles. The highest BCUT2D eigenvalue weighted by atomic mass is 32.7. The van der Waals surface area contributed by atoms with Crippen LogP contribution in [0, 0.1) is 0 Å². The van der Waals surface area contributed by atoms with E-state index in [1.54, 1.807) is 21.8 Å². The fourth-order valence-corrected chi connectivity index (χ4v) is 8.27.